The minimum atomic E-state index is -0.521. The minimum Gasteiger partial charge on any atom is -0.460 e. The van der Waals surface area contributed by atoms with Crippen LogP contribution < -0.4 is 0 Å². The van der Waals surface area contributed by atoms with Gasteiger partial charge in [-0.2, -0.15) is 0 Å². The summed E-state index contributed by atoms with van der Waals surface area (Å²) >= 11 is 0. The fraction of sp³-hybridized carbons (Fsp3) is 0.263. The SMILES string of the molecule is O=C(OCc1ccccc1)C(/C=N\O)CCCc1ccccc1. The lowest BCUT2D eigenvalue weighted by Crippen LogP contribution is -2.19. The van der Waals surface area contributed by atoms with E-state index in [1.165, 1.54) is 11.8 Å². The van der Waals surface area contributed by atoms with Gasteiger partial charge >= 0.3 is 5.97 Å². The Kier molecular flexibility index (Phi) is 6.85. The predicted molar refractivity (Wildman–Crippen MR) is 89.4 cm³/mol. The topological polar surface area (TPSA) is 58.9 Å². The van der Waals surface area contributed by atoms with E-state index in [0.29, 0.717) is 6.42 Å². The zero-order valence-electron chi connectivity index (χ0n) is 13.0. The number of ether oxygens (including phenoxy) is 1. The van der Waals surface area contributed by atoms with Crippen molar-refractivity contribution in [2.75, 3.05) is 0 Å². The number of benzene rings is 2. The van der Waals surface area contributed by atoms with Crippen molar-refractivity contribution in [3.63, 3.8) is 0 Å². The lowest BCUT2D eigenvalue weighted by Gasteiger charge is -2.11. The molecule has 0 aliphatic rings. The van der Waals surface area contributed by atoms with E-state index in [1.807, 2.05) is 48.5 Å². The lowest BCUT2D eigenvalue weighted by atomic mass is 10.0. The first kappa shape index (κ1) is 16.7. The van der Waals surface area contributed by atoms with Crippen molar-refractivity contribution in [2.24, 2.45) is 11.1 Å². The number of oxime groups is 1. The molecule has 2 rings (SSSR count). The van der Waals surface area contributed by atoms with Crippen molar-refractivity contribution in [3.8, 4) is 0 Å². The van der Waals surface area contributed by atoms with E-state index in [1.54, 1.807) is 0 Å². The van der Waals surface area contributed by atoms with E-state index in [9.17, 15) is 4.79 Å². The minimum absolute atomic E-state index is 0.230. The van der Waals surface area contributed by atoms with E-state index >= 15 is 0 Å². The van der Waals surface area contributed by atoms with Crippen molar-refractivity contribution < 1.29 is 14.7 Å². The number of rotatable bonds is 8. The maximum atomic E-state index is 12.1. The molecule has 4 nitrogen and oxygen atoms in total. The molecule has 23 heavy (non-hydrogen) atoms. The highest BCUT2D eigenvalue weighted by Crippen LogP contribution is 2.12. The van der Waals surface area contributed by atoms with Crippen molar-refractivity contribution in [1.29, 1.82) is 0 Å². The van der Waals surface area contributed by atoms with Crippen LogP contribution in [-0.4, -0.2) is 17.4 Å². The Morgan fingerprint density at radius 1 is 1.04 bits per heavy atom. The Morgan fingerprint density at radius 2 is 1.65 bits per heavy atom. The van der Waals surface area contributed by atoms with E-state index in [2.05, 4.69) is 17.3 Å². The number of hydrogen-bond donors (Lipinski definition) is 1. The molecule has 0 spiro atoms. The Labute approximate surface area is 136 Å². The molecule has 0 fully saturated rings. The second kappa shape index (κ2) is 9.41. The molecule has 1 N–H and O–H groups in total. The number of aryl methyl sites for hydroxylation is 1. The van der Waals surface area contributed by atoms with Crippen LogP contribution in [0.2, 0.25) is 0 Å². The summed E-state index contributed by atoms with van der Waals surface area (Å²) in [7, 11) is 0. The van der Waals surface area contributed by atoms with Crippen LogP contribution in [0.15, 0.2) is 65.8 Å². The van der Waals surface area contributed by atoms with E-state index in [-0.39, 0.29) is 12.6 Å². The van der Waals surface area contributed by atoms with Crippen LogP contribution in [0, 0.1) is 5.92 Å². The van der Waals surface area contributed by atoms with Gasteiger partial charge in [-0.15, -0.1) is 5.16 Å². The lowest BCUT2D eigenvalue weighted by molar-refractivity contribution is -0.147. The molecule has 0 heterocycles. The van der Waals surface area contributed by atoms with Gasteiger partial charge in [-0.1, -0.05) is 60.7 Å². The Balaban J connectivity index is 1.81. The molecule has 0 aliphatic carbocycles. The molecule has 0 bridgehead atoms. The quantitative estimate of drug-likeness (QED) is 0.349. The summed E-state index contributed by atoms with van der Waals surface area (Å²) in [5.74, 6) is -0.882. The van der Waals surface area contributed by atoms with Crippen LogP contribution >= 0.6 is 0 Å². The van der Waals surface area contributed by atoms with Gasteiger partial charge in [0.05, 0.1) is 12.1 Å². The summed E-state index contributed by atoms with van der Waals surface area (Å²) in [6.45, 7) is 0.230. The van der Waals surface area contributed by atoms with Gasteiger partial charge in [-0.25, -0.2) is 0 Å². The van der Waals surface area contributed by atoms with Crippen LogP contribution in [0.25, 0.3) is 0 Å². The first-order valence-corrected chi connectivity index (χ1v) is 7.71. The predicted octanol–water partition coefficient (Wildman–Crippen LogP) is 3.83. The molecule has 0 saturated carbocycles. The van der Waals surface area contributed by atoms with Gasteiger partial charge in [0.2, 0.25) is 0 Å². The Hall–Kier alpha value is -2.62. The summed E-state index contributed by atoms with van der Waals surface area (Å²) in [6, 6.07) is 19.6. The van der Waals surface area contributed by atoms with Crippen LogP contribution in [0.4, 0.5) is 0 Å². The van der Waals surface area contributed by atoms with Crippen molar-refractivity contribution in [1.82, 2.24) is 0 Å². The van der Waals surface area contributed by atoms with Crippen LogP contribution in [0.1, 0.15) is 24.0 Å². The third-order valence-corrected chi connectivity index (χ3v) is 3.60. The molecule has 1 unspecified atom stereocenters. The molecular weight excluding hydrogens is 290 g/mol. The normalized spacial score (nSPS) is 12.2. The largest absolute Gasteiger partial charge is 0.460 e. The van der Waals surface area contributed by atoms with Crippen LogP contribution in [0.3, 0.4) is 0 Å². The molecule has 1 atom stereocenters. The molecule has 0 radical (unpaired) electrons. The first-order chi connectivity index (χ1) is 11.3. The monoisotopic (exact) mass is 311 g/mol. The number of hydrogen-bond acceptors (Lipinski definition) is 4. The Bertz CT molecular complexity index is 611. The summed E-state index contributed by atoms with van der Waals surface area (Å²) in [4.78, 5) is 12.1. The molecule has 4 heteroatoms. The first-order valence-electron chi connectivity index (χ1n) is 7.71. The van der Waals surface area contributed by atoms with Crippen molar-refractivity contribution in [3.05, 3.63) is 71.8 Å². The zero-order valence-corrected chi connectivity index (χ0v) is 13.0. The fourth-order valence-corrected chi connectivity index (χ4v) is 2.34. The highest BCUT2D eigenvalue weighted by atomic mass is 16.5. The van der Waals surface area contributed by atoms with Gasteiger partial charge in [-0.05, 0) is 30.4 Å². The van der Waals surface area contributed by atoms with Gasteiger partial charge in [0, 0.05) is 0 Å². The summed E-state index contributed by atoms with van der Waals surface area (Å²) in [6.07, 6.45) is 3.54. The maximum absolute atomic E-state index is 12.1. The molecular formula is C19H21NO3. The van der Waals surface area contributed by atoms with E-state index in [0.717, 1.165) is 18.4 Å². The molecule has 0 aliphatic heterocycles. The van der Waals surface area contributed by atoms with Gasteiger partial charge in [0.25, 0.3) is 0 Å². The number of carbonyl (C=O) groups excluding carboxylic acids is 1. The van der Waals surface area contributed by atoms with Gasteiger partial charge in [0.15, 0.2) is 0 Å². The standard InChI is InChI=1S/C19H21NO3/c21-19(23-15-17-10-5-2-6-11-17)18(14-20-22)13-7-12-16-8-3-1-4-9-16/h1-6,8-11,14,18,22H,7,12-13,15H2/b20-14-. The number of esters is 1. The summed E-state index contributed by atoms with van der Waals surface area (Å²) in [5, 5.41) is 11.8. The molecule has 0 aromatic heterocycles. The van der Waals surface area contributed by atoms with Crippen LogP contribution in [0.5, 0.6) is 0 Å². The Morgan fingerprint density at radius 3 is 2.26 bits per heavy atom. The molecule has 2 aromatic rings. The number of nitrogens with zero attached hydrogens (tertiary/aromatic N) is 1. The third kappa shape index (κ3) is 5.94. The molecule has 2 aromatic carbocycles. The highest BCUT2D eigenvalue weighted by molar-refractivity contribution is 5.89. The fourth-order valence-electron chi connectivity index (χ4n) is 2.34. The maximum Gasteiger partial charge on any atom is 0.314 e. The number of carbonyl (C=O) groups is 1. The smallest absolute Gasteiger partial charge is 0.314 e. The molecule has 0 amide bonds. The highest BCUT2D eigenvalue weighted by Gasteiger charge is 2.18. The molecule has 120 valence electrons. The molecule has 0 saturated heterocycles. The van der Waals surface area contributed by atoms with Gasteiger partial charge in [0.1, 0.15) is 6.61 Å². The van der Waals surface area contributed by atoms with Gasteiger partial charge in [-0.3, -0.25) is 4.79 Å². The van der Waals surface area contributed by atoms with Crippen molar-refractivity contribution in [2.45, 2.75) is 25.9 Å². The van der Waals surface area contributed by atoms with Crippen LogP contribution in [-0.2, 0) is 22.6 Å². The van der Waals surface area contributed by atoms with Gasteiger partial charge < -0.3 is 9.94 Å². The van der Waals surface area contributed by atoms with E-state index < -0.39 is 5.92 Å². The van der Waals surface area contributed by atoms with E-state index in [4.69, 9.17) is 9.94 Å². The summed E-state index contributed by atoms with van der Waals surface area (Å²) < 4.78 is 5.30. The second-order valence-electron chi connectivity index (χ2n) is 5.34. The summed E-state index contributed by atoms with van der Waals surface area (Å²) in [5.41, 5.74) is 2.16. The third-order valence-electron chi connectivity index (χ3n) is 3.60. The average molecular weight is 311 g/mol. The average Bonchev–Trinajstić information content (AvgIpc) is 2.61. The zero-order chi connectivity index (χ0) is 16.3. The second-order valence-corrected chi connectivity index (χ2v) is 5.34. The van der Waals surface area contributed by atoms with Crippen molar-refractivity contribution >= 4 is 12.2 Å².